The Bertz CT molecular complexity index is 319. The van der Waals surface area contributed by atoms with Crippen molar-refractivity contribution >= 4 is 0 Å². The molecule has 1 aliphatic rings. The van der Waals surface area contributed by atoms with E-state index in [1.165, 1.54) is 43.4 Å². The molecule has 3 heteroatoms. The van der Waals surface area contributed by atoms with Gasteiger partial charge in [0.05, 0.1) is 6.20 Å². The Labute approximate surface area is 98.0 Å². The lowest BCUT2D eigenvalue weighted by Gasteiger charge is -2.31. The summed E-state index contributed by atoms with van der Waals surface area (Å²) in [6.45, 7) is 5.36. The summed E-state index contributed by atoms with van der Waals surface area (Å²) in [7, 11) is 0. The fraction of sp³-hybridized carbons (Fsp3) is 0.769. The van der Waals surface area contributed by atoms with Gasteiger partial charge in [0.2, 0.25) is 0 Å². The zero-order chi connectivity index (χ0) is 11.4. The molecule has 0 aromatic carbocycles. The molecule has 2 atom stereocenters. The van der Waals surface area contributed by atoms with Crippen LogP contribution >= 0.6 is 0 Å². The van der Waals surface area contributed by atoms with Gasteiger partial charge in [0.15, 0.2) is 0 Å². The lowest BCUT2D eigenvalue weighted by atomic mass is 9.83. The largest absolute Gasteiger partial charge is 0.310 e. The summed E-state index contributed by atoms with van der Waals surface area (Å²) >= 11 is 0. The van der Waals surface area contributed by atoms with E-state index in [2.05, 4.69) is 29.4 Å². The zero-order valence-electron chi connectivity index (χ0n) is 10.4. The van der Waals surface area contributed by atoms with Crippen molar-refractivity contribution in [2.24, 2.45) is 5.92 Å². The van der Waals surface area contributed by atoms with Crippen LogP contribution in [0.5, 0.6) is 0 Å². The quantitative estimate of drug-likeness (QED) is 0.820. The fourth-order valence-electron chi connectivity index (χ4n) is 2.76. The van der Waals surface area contributed by atoms with Crippen molar-refractivity contribution in [3.8, 4) is 0 Å². The summed E-state index contributed by atoms with van der Waals surface area (Å²) in [6.07, 6.45) is 8.79. The molecule has 2 unspecified atom stereocenters. The van der Waals surface area contributed by atoms with E-state index >= 15 is 0 Å². The van der Waals surface area contributed by atoms with E-state index in [1.54, 1.807) is 0 Å². The third-order valence-electron chi connectivity index (χ3n) is 3.92. The highest BCUT2D eigenvalue weighted by molar-refractivity contribution is 5.14. The molecule has 0 aliphatic heterocycles. The average Bonchev–Trinajstić information content (AvgIpc) is 2.72. The number of aryl methyl sites for hydroxylation is 1. The molecule has 2 N–H and O–H groups in total. The van der Waals surface area contributed by atoms with Crippen LogP contribution in [0.15, 0.2) is 6.20 Å². The van der Waals surface area contributed by atoms with Gasteiger partial charge in [-0.2, -0.15) is 5.10 Å². The van der Waals surface area contributed by atoms with Gasteiger partial charge in [0.1, 0.15) is 0 Å². The molecule has 3 nitrogen and oxygen atoms in total. The molecule has 0 amide bonds. The van der Waals surface area contributed by atoms with Crippen molar-refractivity contribution in [2.45, 2.75) is 58.5 Å². The van der Waals surface area contributed by atoms with Gasteiger partial charge in [-0.25, -0.2) is 0 Å². The number of aromatic amines is 1. The molecule has 0 radical (unpaired) electrons. The molecule has 0 spiro atoms. The molecule has 1 fully saturated rings. The number of aromatic nitrogens is 2. The number of hydrogen-bond donors (Lipinski definition) is 2. The maximum Gasteiger partial charge on any atom is 0.0535 e. The maximum absolute atomic E-state index is 4.06. The van der Waals surface area contributed by atoms with Crippen molar-refractivity contribution in [1.82, 2.24) is 15.5 Å². The fourth-order valence-corrected chi connectivity index (χ4v) is 2.76. The highest BCUT2D eigenvalue weighted by Gasteiger charge is 2.22. The molecule has 1 aromatic heterocycles. The summed E-state index contributed by atoms with van der Waals surface area (Å²) in [5.74, 6) is 0.876. The first kappa shape index (κ1) is 11.6. The van der Waals surface area contributed by atoms with E-state index in [1.807, 2.05) is 6.20 Å². The molecule has 1 saturated carbocycles. The van der Waals surface area contributed by atoms with E-state index in [0.29, 0.717) is 6.04 Å². The van der Waals surface area contributed by atoms with E-state index in [-0.39, 0.29) is 0 Å². The molecule has 2 rings (SSSR count). The Hall–Kier alpha value is -0.830. The first-order valence-corrected chi connectivity index (χ1v) is 6.53. The van der Waals surface area contributed by atoms with Crippen molar-refractivity contribution in [3.05, 3.63) is 17.5 Å². The minimum Gasteiger partial charge on any atom is -0.310 e. The SMILES string of the molecule is CCC1CCCCC1NCc1cn[nH]c1C. The normalized spacial score (nSPS) is 25.9. The van der Waals surface area contributed by atoms with E-state index in [9.17, 15) is 0 Å². The summed E-state index contributed by atoms with van der Waals surface area (Å²) in [4.78, 5) is 0. The van der Waals surface area contributed by atoms with E-state index in [4.69, 9.17) is 0 Å². The predicted octanol–water partition coefficient (Wildman–Crippen LogP) is 2.78. The van der Waals surface area contributed by atoms with Crippen LogP contribution in [0.4, 0.5) is 0 Å². The lowest BCUT2D eigenvalue weighted by Crippen LogP contribution is -2.37. The highest BCUT2D eigenvalue weighted by atomic mass is 15.1. The molecule has 1 aromatic rings. The van der Waals surface area contributed by atoms with Crippen LogP contribution in [0.2, 0.25) is 0 Å². The smallest absolute Gasteiger partial charge is 0.0535 e. The minimum atomic E-state index is 0.716. The van der Waals surface area contributed by atoms with Crippen molar-refractivity contribution in [3.63, 3.8) is 0 Å². The molecule has 1 heterocycles. The minimum absolute atomic E-state index is 0.716. The molecular weight excluding hydrogens is 198 g/mol. The number of rotatable bonds is 4. The maximum atomic E-state index is 4.06. The number of nitrogens with zero attached hydrogens (tertiary/aromatic N) is 1. The molecule has 90 valence electrons. The predicted molar refractivity (Wildman–Crippen MR) is 66.2 cm³/mol. The standard InChI is InChI=1S/C13H23N3/c1-3-11-6-4-5-7-13(11)14-8-12-9-15-16-10(12)2/h9,11,13-14H,3-8H2,1-2H3,(H,15,16). The first-order chi connectivity index (χ1) is 7.81. The van der Waals surface area contributed by atoms with Crippen LogP contribution in [0.1, 0.15) is 50.3 Å². The third kappa shape index (κ3) is 2.64. The lowest BCUT2D eigenvalue weighted by molar-refractivity contribution is 0.254. The Kier molecular flexibility index (Phi) is 3.99. The van der Waals surface area contributed by atoms with Gasteiger partial charge >= 0.3 is 0 Å². The van der Waals surface area contributed by atoms with Crippen LogP contribution in [-0.2, 0) is 6.54 Å². The van der Waals surface area contributed by atoms with Crippen LogP contribution in [0.3, 0.4) is 0 Å². The van der Waals surface area contributed by atoms with Gasteiger partial charge in [-0.05, 0) is 25.7 Å². The summed E-state index contributed by atoms with van der Waals surface area (Å²) < 4.78 is 0. The van der Waals surface area contributed by atoms with Gasteiger partial charge < -0.3 is 5.32 Å². The number of H-pyrrole nitrogens is 1. The Morgan fingerprint density at radius 3 is 2.94 bits per heavy atom. The van der Waals surface area contributed by atoms with Crippen LogP contribution in [0.25, 0.3) is 0 Å². The van der Waals surface area contributed by atoms with Gasteiger partial charge in [-0.15, -0.1) is 0 Å². The van der Waals surface area contributed by atoms with Crippen LogP contribution in [-0.4, -0.2) is 16.2 Å². The Balaban J connectivity index is 1.86. The van der Waals surface area contributed by atoms with Crippen molar-refractivity contribution < 1.29 is 0 Å². The first-order valence-electron chi connectivity index (χ1n) is 6.53. The topological polar surface area (TPSA) is 40.7 Å². The van der Waals surface area contributed by atoms with Gasteiger partial charge in [-0.3, -0.25) is 5.10 Å². The number of nitrogens with one attached hydrogen (secondary N) is 2. The molecule has 0 bridgehead atoms. The zero-order valence-corrected chi connectivity index (χ0v) is 10.4. The van der Waals surface area contributed by atoms with E-state index < -0.39 is 0 Å². The Morgan fingerprint density at radius 1 is 1.44 bits per heavy atom. The number of hydrogen-bond acceptors (Lipinski definition) is 2. The van der Waals surface area contributed by atoms with Gasteiger partial charge in [-0.1, -0.05) is 26.2 Å². The summed E-state index contributed by atoms with van der Waals surface area (Å²) in [6, 6.07) is 0.716. The van der Waals surface area contributed by atoms with Gasteiger partial charge in [0.25, 0.3) is 0 Å². The van der Waals surface area contributed by atoms with Crippen molar-refractivity contribution in [2.75, 3.05) is 0 Å². The van der Waals surface area contributed by atoms with Crippen molar-refractivity contribution in [1.29, 1.82) is 0 Å². The molecule has 16 heavy (non-hydrogen) atoms. The average molecular weight is 221 g/mol. The van der Waals surface area contributed by atoms with Crippen LogP contribution in [0, 0.1) is 12.8 Å². The second-order valence-corrected chi connectivity index (χ2v) is 4.96. The monoisotopic (exact) mass is 221 g/mol. The third-order valence-corrected chi connectivity index (χ3v) is 3.92. The highest BCUT2D eigenvalue weighted by Crippen LogP contribution is 2.27. The van der Waals surface area contributed by atoms with Crippen LogP contribution < -0.4 is 5.32 Å². The van der Waals surface area contributed by atoms with E-state index in [0.717, 1.165) is 12.5 Å². The van der Waals surface area contributed by atoms with Gasteiger partial charge in [0, 0.05) is 23.8 Å². The molecule has 1 aliphatic carbocycles. The second kappa shape index (κ2) is 5.48. The Morgan fingerprint density at radius 2 is 2.25 bits per heavy atom. The molecular formula is C13H23N3. The molecule has 0 saturated heterocycles. The summed E-state index contributed by atoms with van der Waals surface area (Å²) in [5.41, 5.74) is 2.50. The second-order valence-electron chi connectivity index (χ2n) is 4.96. The summed E-state index contributed by atoms with van der Waals surface area (Å²) in [5, 5.41) is 10.8.